The second kappa shape index (κ2) is 7.62. The standard InChI is InChI=1S/C20H24FN3O5/c21-13-3-5-14(6-4-13)23-9-11-24(12-10-23)19(28)20(7-1-2-8-20)22-17(25)15-16(29-15)18(26)27/h3-6,15-16H,1-2,7-12H2,(H,22,25)(H,26,27)/p-1. The van der Waals surface area contributed by atoms with Crippen LogP contribution in [-0.4, -0.2) is 66.6 Å². The number of hydrogen-bond donors (Lipinski definition) is 1. The Kier molecular flexibility index (Phi) is 5.16. The van der Waals surface area contributed by atoms with Crippen molar-refractivity contribution in [2.75, 3.05) is 31.1 Å². The van der Waals surface area contributed by atoms with Gasteiger partial charge < -0.3 is 29.8 Å². The van der Waals surface area contributed by atoms with E-state index in [0.29, 0.717) is 39.0 Å². The van der Waals surface area contributed by atoms with Crippen molar-refractivity contribution in [3.05, 3.63) is 30.1 Å². The van der Waals surface area contributed by atoms with Crippen LogP contribution >= 0.6 is 0 Å². The Morgan fingerprint density at radius 2 is 1.66 bits per heavy atom. The van der Waals surface area contributed by atoms with E-state index in [0.717, 1.165) is 18.5 Å². The van der Waals surface area contributed by atoms with Crippen molar-refractivity contribution < 1.29 is 28.6 Å². The van der Waals surface area contributed by atoms with Crippen molar-refractivity contribution in [3.8, 4) is 0 Å². The number of epoxide rings is 1. The van der Waals surface area contributed by atoms with E-state index in [1.807, 2.05) is 0 Å². The van der Waals surface area contributed by atoms with Crippen LogP contribution in [0.4, 0.5) is 10.1 Å². The van der Waals surface area contributed by atoms with Gasteiger partial charge in [-0.1, -0.05) is 12.8 Å². The van der Waals surface area contributed by atoms with Crippen molar-refractivity contribution >= 4 is 23.5 Å². The Labute approximate surface area is 167 Å². The zero-order valence-corrected chi connectivity index (χ0v) is 15.9. The summed E-state index contributed by atoms with van der Waals surface area (Å²) in [5.74, 6) is -2.41. The van der Waals surface area contributed by atoms with Gasteiger partial charge in [0.15, 0.2) is 6.10 Å². The number of nitrogens with zero attached hydrogens (tertiary/aromatic N) is 2. The first-order valence-corrected chi connectivity index (χ1v) is 9.88. The number of benzene rings is 1. The number of ether oxygens (including phenoxy) is 1. The van der Waals surface area contributed by atoms with Crippen LogP contribution in [0.3, 0.4) is 0 Å². The van der Waals surface area contributed by atoms with Gasteiger partial charge in [-0.2, -0.15) is 0 Å². The molecule has 1 aromatic rings. The quantitative estimate of drug-likeness (QED) is 0.659. The van der Waals surface area contributed by atoms with Gasteiger partial charge in [0.25, 0.3) is 5.91 Å². The van der Waals surface area contributed by atoms with Crippen molar-refractivity contribution in [1.82, 2.24) is 10.2 Å². The van der Waals surface area contributed by atoms with Crippen LogP contribution in [0, 0.1) is 5.82 Å². The van der Waals surface area contributed by atoms with E-state index in [4.69, 9.17) is 4.74 Å². The molecule has 1 aromatic carbocycles. The lowest BCUT2D eigenvalue weighted by molar-refractivity contribution is -0.307. The molecule has 3 aliphatic rings. The topological polar surface area (TPSA) is 105 Å². The summed E-state index contributed by atoms with van der Waals surface area (Å²) in [7, 11) is 0. The van der Waals surface area contributed by atoms with E-state index >= 15 is 0 Å². The Hall–Kier alpha value is -2.68. The first kappa shape index (κ1) is 19.6. The maximum absolute atomic E-state index is 13.3. The van der Waals surface area contributed by atoms with Crippen LogP contribution in [0.25, 0.3) is 0 Å². The van der Waals surface area contributed by atoms with E-state index in [9.17, 15) is 23.9 Å². The molecule has 8 nitrogen and oxygen atoms in total. The first-order valence-electron chi connectivity index (χ1n) is 9.88. The van der Waals surface area contributed by atoms with Gasteiger partial charge in [0.1, 0.15) is 17.5 Å². The second-order valence-electron chi connectivity index (χ2n) is 7.83. The largest absolute Gasteiger partial charge is 0.547 e. The van der Waals surface area contributed by atoms with Gasteiger partial charge in [-0.15, -0.1) is 0 Å². The van der Waals surface area contributed by atoms with Crippen molar-refractivity contribution in [2.45, 2.75) is 43.4 Å². The minimum absolute atomic E-state index is 0.132. The number of amides is 2. The molecule has 1 aliphatic carbocycles. The van der Waals surface area contributed by atoms with E-state index in [2.05, 4.69) is 10.2 Å². The molecule has 0 spiro atoms. The Balaban J connectivity index is 1.38. The van der Waals surface area contributed by atoms with E-state index < -0.39 is 29.6 Å². The van der Waals surface area contributed by atoms with E-state index in [1.165, 1.54) is 12.1 Å². The lowest BCUT2D eigenvalue weighted by atomic mass is 9.94. The second-order valence-corrected chi connectivity index (χ2v) is 7.83. The van der Waals surface area contributed by atoms with E-state index in [-0.39, 0.29) is 11.7 Å². The molecule has 156 valence electrons. The maximum atomic E-state index is 13.3. The molecule has 1 saturated carbocycles. The van der Waals surface area contributed by atoms with Gasteiger partial charge in [0, 0.05) is 31.9 Å². The summed E-state index contributed by atoms with van der Waals surface area (Å²) in [6.45, 7) is 2.21. The van der Waals surface area contributed by atoms with Gasteiger partial charge in [-0.05, 0) is 37.1 Å². The number of hydrogen-bond acceptors (Lipinski definition) is 6. The molecule has 4 rings (SSSR count). The summed E-state index contributed by atoms with van der Waals surface area (Å²) >= 11 is 0. The van der Waals surface area contributed by atoms with Gasteiger partial charge in [0.2, 0.25) is 5.91 Å². The van der Waals surface area contributed by atoms with Gasteiger partial charge in [-0.3, -0.25) is 9.59 Å². The van der Waals surface area contributed by atoms with E-state index in [1.54, 1.807) is 17.0 Å². The molecule has 2 unspecified atom stereocenters. The zero-order chi connectivity index (χ0) is 20.6. The zero-order valence-electron chi connectivity index (χ0n) is 15.9. The Morgan fingerprint density at radius 1 is 1.03 bits per heavy atom. The fraction of sp³-hybridized carbons (Fsp3) is 0.550. The number of aliphatic carboxylic acids is 1. The van der Waals surface area contributed by atoms with Crippen molar-refractivity contribution in [1.29, 1.82) is 0 Å². The van der Waals surface area contributed by atoms with Crippen molar-refractivity contribution in [2.24, 2.45) is 0 Å². The minimum atomic E-state index is -1.42. The third kappa shape index (κ3) is 3.91. The molecule has 0 aromatic heterocycles. The smallest absolute Gasteiger partial charge is 0.253 e. The number of carboxylic acids is 1. The Morgan fingerprint density at radius 3 is 2.21 bits per heavy atom. The molecule has 2 heterocycles. The first-order chi connectivity index (χ1) is 13.9. The molecule has 1 N–H and O–H groups in total. The number of anilines is 1. The molecular formula is C20H23FN3O5-. The molecule has 2 saturated heterocycles. The lowest BCUT2D eigenvalue weighted by Gasteiger charge is -2.40. The highest BCUT2D eigenvalue weighted by atomic mass is 19.1. The summed E-state index contributed by atoms with van der Waals surface area (Å²) in [5, 5.41) is 13.6. The molecular weight excluding hydrogens is 381 g/mol. The molecule has 29 heavy (non-hydrogen) atoms. The predicted molar refractivity (Wildman–Crippen MR) is 98.2 cm³/mol. The van der Waals surface area contributed by atoms with Gasteiger partial charge in [-0.25, -0.2) is 4.39 Å². The summed E-state index contributed by atoms with van der Waals surface area (Å²) in [4.78, 5) is 40.3. The monoisotopic (exact) mass is 404 g/mol. The number of carbonyl (C=O) groups excluding carboxylic acids is 3. The average Bonchev–Trinajstić information content (AvgIpc) is 3.41. The fourth-order valence-electron chi connectivity index (χ4n) is 4.29. The summed E-state index contributed by atoms with van der Waals surface area (Å²) in [6.07, 6.45) is 0.369. The van der Waals surface area contributed by atoms with Crippen LogP contribution in [0.1, 0.15) is 25.7 Å². The fourth-order valence-corrected chi connectivity index (χ4v) is 4.29. The van der Waals surface area contributed by atoms with Crippen LogP contribution < -0.4 is 15.3 Å². The molecule has 0 bridgehead atoms. The number of halogens is 1. The SMILES string of the molecule is O=C([O-])C1OC1C(=O)NC1(C(=O)N2CCN(c3ccc(F)cc3)CC2)CCCC1. The molecule has 3 fully saturated rings. The number of carboxylic acid groups (broad SMARTS) is 1. The number of carbonyl (C=O) groups is 3. The van der Waals surface area contributed by atoms with Crippen LogP contribution in [0.5, 0.6) is 0 Å². The number of nitrogens with one attached hydrogen (secondary N) is 1. The normalized spacial score (nSPS) is 25.6. The highest BCUT2D eigenvalue weighted by molar-refractivity contribution is 5.96. The molecule has 0 radical (unpaired) electrons. The third-order valence-electron chi connectivity index (χ3n) is 5.97. The molecule has 2 amide bonds. The Bertz CT molecular complexity index is 801. The summed E-state index contributed by atoms with van der Waals surface area (Å²) < 4.78 is 18.0. The number of piperazine rings is 1. The molecule has 2 aliphatic heterocycles. The van der Waals surface area contributed by atoms with Gasteiger partial charge >= 0.3 is 0 Å². The summed E-state index contributed by atoms with van der Waals surface area (Å²) in [6, 6.07) is 6.26. The maximum Gasteiger partial charge on any atom is 0.253 e. The molecule has 2 atom stereocenters. The van der Waals surface area contributed by atoms with Crippen molar-refractivity contribution in [3.63, 3.8) is 0 Å². The predicted octanol–water partition coefficient (Wildman–Crippen LogP) is -0.579. The van der Waals surface area contributed by atoms with Crippen LogP contribution in [0.15, 0.2) is 24.3 Å². The third-order valence-corrected chi connectivity index (χ3v) is 5.97. The van der Waals surface area contributed by atoms with Gasteiger partial charge in [0.05, 0.1) is 5.97 Å². The minimum Gasteiger partial charge on any atom is -0.547 e. The van der Waals surface area contributed by atoms with Crippen LogP contribution in [-0.2, 0) is 19.1 Å². The molecule has 9 heteroatoms. The van der Waals surface area contributed by atoms with Crippen LogP contribution in [0.2, 0.25) is 0 Å². The average molecular weight is 404 g/mol. The highest BCUT2D eigenvalue weighted by Gasteiger charge is 2.51. The summed E-state index contributed by atoms with van der Waals surface area (Å²) in [5.41, 5.74) is -0.0982. The highest BCUT2D eigenvalue weighted by Crippen LogP contribution is 2.33. The number of rotatable bonds is 5. The lowest BCUT2D eigenvalue weighted by Crippen LogP contribution is -2.62.